The van der Waals surface area contributed by atoms with E-state index in [1.807, 2.05) is 0 Å². The largest absolute Gasteiger partial charge is 0.333 e. The number of aromatic nitrogens is 1. The van der Waals surface area contributed by atoms with Gasteiger partial charge in [0, 0.05) is 25.2 Å². The molecule has 1 aromatic heterocycles. The molecule has 18 heavy (non-hydrogen) atoms. The lowest BCUT2D eigenvalue weighted by Crippen LogP contribution is -2.49. The smallest absolute Gasteiger partial charge is 0.270 e. The van der Waals surface area contributed by atoms with Crippen LogP contribution >= 0.6 is 0 Å². The molecule has 2 unspecified atom stereocenters. The Balaban J connectivity index is 2.20. The fourth-order valence-electron chi connectivity index (χ4n) is 2.47. The first-order valence-electron chi connectivity index (χ1n) is 6.32. The first kappa shape index (κ1) is 12.8. The second kappa shape index (κ2) is 5.35. The van der Waals surface area contributed by atoms with Crippen LogP contribution in [0.15, 0.2) is 23.0 Å². The van der Waals surface area contributed by atoms with E-state index < -0.39 is 0 Å². The van der Waals surface area contributed by atoms with Crippen LogP contribution in [0.5, 0.6) is 0 Å². The standard InChI is InChI=1S/C13H19N3O2/c1-9-5-6-16(10(7-9)8-14)13(18)11-3-2-4-12(17)15-11/h2-4,9-10H,5-8,14H2,1H3,(H,15,17). The Hall–Kier alpha value is -1.62. The Kier molecular flexibility index (Phi) is 3.81. The Morgan fingerprint density at radius 1 is 1.56 bits per heavy atom. The summed E-state index contributed by atoms with van der Waals surface area (Å²) >= 11 is 0. The monoisotopic (exact) mass is 249 g/mol. The van der Waals surface area contributed by atoms with Crippen molar-refractivity contribution < 1.29 is 4.79 Å². The number of nitrogens with one attached hydrogen (secondary N) is 1. The summed E-state index contributed by atoms with van der Waals surface area (Å²) in [6.07, 6.45) is 1.92. The van der Waals surface area contributed by atoms with Crippen molar-refractivity contribution in [3.63, 3.8) is 0 Å². The van der Waals surface area contributed by atoms with Crippen LogP contribution in [0.1, 0.15) is 30.3 Å². The molecular formula is C13H19N3O2. The molecule has 5 heteroatoms. The molecule has 1 fully saturated rings. The lowest BCUT2D eigenvalue weighted by molar-refractivity contribution is 0.0567. The quantitative estimate of drug-likeness (QED) is 0.804. The molecule has 1 amide bonds. The van der Waals surface area contributed by atoms with Gasteiger partial charge in [0.1, 0.15) is 5.69 Å². The molecule has 1 saturated heterocycles. The van der Waals surface area contributed by atoms with Crippen LogP contribution in [-0.2, 0) is 0 Å². The van der Waals surface area contributed by atoms with E-state index >= 15 is 0 Å². The SMILES string of the molecule is CC1CCN(C(=O)c2cccc(=O)[nH]2)C(CN)C1. The van der Waals surface area contributed by atoms with Gasteiger partial charge < -0.3 is 15.6 Å². The highest BCUT2D eigenvalue weighted by Gasteiger charge is 2.29. The van der Waals surface area contributed by atoms with Crippen molar-refractivity contribution in [2.75, 3.05) is 13.1 Å². The minimum Gasteiger partial charge on any atom is -0.333 e. The predicted octanol–water partition coefficient (Wildman–Crippen LogP) is 0.574. The number of nitrogens with zero attached hydrogens (tertiary/aromatic N) is 1. The van der Waals surface area contributed by atoms with Crippen LogP contribution < -0.4 is 11.3 Å². The van der Waals surface area contributed by atoms with Gasteiger partial charge in [-0.05, 0) is 24.8 Å². The molecular weight excluding hydrogens is 230 g/mol. The van der Waals surface area contributed by atoms with Crippen molar-refractivity contribution in [1.29, 1.82) is 0 Å². The van der Waals surface area contributed by atoms with Gasteiger partial charge in [-0.2, -0.15) is 0 Å². The summed E-state index contributed by atoms with van der Waals surface area (Å²) < 4.78 is 0. The highest BCUT2D eigenvalue weighted by atomic mass is 16.2. The third-order valence-electron chi connectivity index (χ3n) is 3.51. The van der Waals surface area contributed by atoms with Crippen LogP contribution in [0.2, 0.25) is 0 Å². The van der Waals surface area contributed by atoms with Crippen molar-refractivity contribution in [1.82, 2.24) is 9.88 Å². The number of H-pyrrole nitrogens is 1. The van der Waals surface area contributed by atoms with Gasteiger partial charge >= 0.3 is 0 Å². The van der Waals surface area contributed by atoms with E-state index in [-0.39, 0.29) is 17.5 Å². The van der Waals surface area contributed by atoms with E-state index in [0.29, 0.717) is 24.7 Å². The zero-order valence-electron chi connectivity index (χ0n) is 10.6. The van der Waals surface area contributed by atoms with E-state index in [2.05, 4.69) is 11.9 Å². The minimum atomic E-state index is -0.254. The van der Waals surface area contributed by atoms with E-state index in [1.165, 1.54) is 6.07 Å². The summed E-state index contributed by atoms with van der Waals surface area (Å²) in [6.45, 7) is 3.35. The minimum absolute atomic E-state index is 0.0740. The first-order chi connectivity index (χ1) is 8.61. The number of carbonyl (C=O) groups is 1. The molecule has 0 aliphatic carbocycles. The summed E-state index contributed by atoms with van der Waals surface area (Å²) in [5, 5.41) is 0. The van der Waals surface area contributed by atoms with Crippen LogP contribution in [0.3, 0.4) is 0 Å². The number of carbonyl (C=O) groups excluding carboxylic acids is 1. The fraction of sp³-hybridized carbons (Fsp3) is 0.538. The van der Waals surface area contributed by atoms with Crippen LogP contribution in [0.25, 0.3) is 0 Å². The number of hydrogen-bond acceptors (Lipinski definition) is 3. The van der Waals surface area contributed by atoms with Gasteiger partial charge in [-0.3, -0.25) is 9.59 Å². The third kappa shape index (κ3) is 2.61. The molecule has 1 aromatic rings. The number of piperidine rings is 1. The van der Waals surface area contributed by atoms with Gasteiger partial charge in [0.05, 0.1) is 0 Å². The summed E-state index contributed by atoms with van der Waals surface area (Å²) in [4.78, 5) is 27.9. The number of hydrogen-bond donors (Lipinski definition) is 2. The second-order valence-electron chi connectivity index (χ2n) is 4.95. The van der Waals surface area contributed by atoms with Crippen molar-refractivity contribution >= 4 is 5.91 Å². The maximum Gasteiger partial charge on any atom is 0.270 e. The molecule has 2 heterocycles. The Morgan fingerprint density at radius 2 is 2.33 bits per heavy atom. The number of likely N-dealkylation sites (tertiary alicyclic amines) is 1. The van der Waals surface area contributed by atoms with Crippen molar-refractivity contribution in [3.05, 3.63) is 34.2 Å². The molecule has 0 aromatic carbocycles. The zero-order chi connectivity index (χ0) is 13.1. The lowest BCUT2D eigenvalue weighted by atomic mass is 9.92. The highest BCUT2D eigenvalue weighted by molar-refractivity contribution is 5.92. The Bertz CT molecular complexity index is 483. The molecule has 1 aliphatic heterocycles. The normalized spacial score (nSPS) is 24.0. The molecule has 98 valence electrons. The predicted molar refractivity (Wildman–Crippen MR) is 69.3 cm³/mol. The Labute approximate surface area is 106 Å². The average Bonchev–Trinajstić information content (AvgIpc) is 2.37. The van der Waals surface area contributed by atoms with Crippen LogP contribution in [-0.4, -0.2) is 34.9 Å². The van der Waals surface area contributed by atoms with Gasteiger partial charge in [0.15, 0.2) is 0 Å². The highest BCUT2D eigenvalue weighted by Crippen LogP contribution is 2.23. The van der Waals surface area contributed by atoms with E-state index in [0.717, 1.165) is 12.8 Å². The Morgan fingerprint density at radius 3 is 3.00 bits per heavy atom. The van der Waals surface area contributed by atoms with E-state index in [1.54, 1.807) is 17.0 Å². The molecule has 2 atom stereocenters. The van der Waals surface area contributed by atoms with Gasteiger partial charge in [0.25, 0.3) is 5.91 Å². The third-order valence-corrected chi connectivity index (χ3v) is 3.51. The molecule has 0 radical (unpaired) electrons. The topological polar surface area (TPSA) is 79.2 Å². The summed E-state index contributed by atoms with van der Waals surface area (Å²) in [7, 11) is 0. The van der Waals surface area contributed by atoms with Gasteiger partial charge in [-0.15, -0.1) is 0 Å². The van der Waals surface area contributed by atoms with Crippen molar-refractivity contribution in [2.45, 2.75) is 25.8 Å². The average molecular weight is 249 g/mol. The summed E-state index contributed by atoms with van der Waals surface area (Å²) in [5.74, 6) is 0.465. The lowest BCUT2D eigenvalue weighted by Gasteiger charge is -2.37. The van der Waals surface area contributed by atoms with Crippen molar-refractivity contribution in [3.8, 4) is 0 Å². The molecule has 0 spiro atoms. The fourth-order valence-corrected chi connectivity index (χ4v) is 2.47. The van der Waals surface area contributed by atoms with Crippen LogP contribution in [0.4, 0.5) is 0 Å². The maximum absolute atomic E-state index is 12.3. The number of aromatic amines is 1. The molecule has 2 rings (SSSR count). The van der Waals surface area contributed by atoms with Crippen molar-refractivity contribution in [2.24, 2.45) is 11.7 Å². The molecule has 0 saturated carbocycles. The molecule has 3 N–H and O–H groups in total. The number of nitrogens with two attached hydrogens (primary N) is 1. The summed E-state index contributed by atoms with van der Waals surface area (Å²) in [6, 6.07) is 4.70. The summed E-state index contributed by atoms with van der Waals surface area (Å²) in [5.41, 5.74) is 5.82. The van der Waals surface area contributed by atoms with Gasteiger partial charge in [-0.25, -0.2) is 0 Å². The molecule has 5 nitrogen and oxygen atoms in total. The number of rotatable bonds is 2. The van der Waals surface area contributed by atoms with E-state index in [4.69, 9.17) is 5.73 Å². The van der Waals surface area contributed by atoms with E-state index in [9.17, 15) is 9.59 Å². The number of amides is 1. The first-order valence-corrected chi connectivity index (χ1v) is 6.32. The number of pyridine rings is 1. The van der Waals surface area contributed by atoms with Gasteiger partial charge in [0.2, 0.25) is 5.56 Å². The molecule has 0 bridgehead atoms. The maximum atomic E-state index is 12.3. The zero-order valence-corrected chi connectivity index (χ0v) is 10.6. The second-order valence-corrected chi connectivity index (χ2v) is 4.95. The van der Waals surface area contributed by atoms with Gasteiger partial charge in [-0.1, -0.05) is 13.0 Å². The van der Waals surface area contributed by atoms with Crippen LogP contribution in [0, 0.1) is 5.92 Å². The molecule has 1 aliphatic rings.